The molecule has 0 aliphatic heterocycles. The molecular weight excluding hydrogens is 530 g/mol. The predicted octanol–water partition coefficient (Wildman–Crippen LogP) is 6.29. The van der Waals surface area contributed by atoms with Crippen LogP contribution in [0.25, 0.3) is 16.9 Å². The van der Waals surface area contributed by atoms with Crippen molar-refractivity contribution in [2.24, 2.45) is 5.10 Å². The zero-order valence-electron chi connectivity index (χ0n) is 24.1. The zero-order valence-corrected chi connectivity index (χ0v) is 24.1. The Kier molecular flexibility index (Phi) is 10.3. The number of hydrogen-bond acceptors (Lipinski definition) is 6. The van der Waals surface area contributed by atoms with Crippen molar-refractivity contribution in [3.8, 4) is 28.4 Å². The van der Waals surface area contributed by atoms with Crippen molar-refractivity contribution in [3.05, 3.63) is 114 Å². The van der Waals surface area contributed by atoms with Crippen LogP contribution in [0.1, 0.15) is 41.0 Å². The Morgan fingerprint density at radius 3 is 2.40 bits per heavy atom. The summed E-state index contributed by atoms with van der Waals surface area (Å²) in [5.74, 6) is 0.0983. The van der Waals surface area contributed by atoms with Gasteiger partial charge < -0.3 is 18.8 Å². The molecule has 42 heavy (non-hydrogen) atoms. The van der Waals surface area contributed by atoms with Gasteiger partial charge in [0.05, 0.1) is 25.1 Å². The van der Waals surface area contributed by atoms with E-state index in [-0.39, 0.29) is 19.1 Å². The van der Waals surface area contributed by atoms with Gasteiger partial charge in [0.25, 0.3) is 5.91 Å². The van der Waals surface area contributed by atoms with Gasteiger partial charge in [-0.05, 0) is 86.8 Å². The summed E-state index contributed by atoms with van der Waals surface area (Å²) in [5.41, 5.74) is 8.76. The molecule has 0 radical (unpaired) electrons. The lowest BCUT2D eigenvalue weighted by molar-refractivity contribution is -0.145. The third-order valence-electron chi connectivity index (χ3n) is 6.37. The van der Waals surface area contributed by atoms with Crippen LogP contribution in [-0.2, 0) is 16.0 Å². The first-order chi connectivity index (χ1) is 20.4. The number of carbonyl (C=O) groups is 2. The molecule has 0 fully saturated rings. The maximum absolute atomic E-state index is 12.8. The molecule has 8 nitrogen and oxygen atoms in total. The van der Waals surface area contributed by atoms with Gasteiger partial charge in [-0.2, -0.15) is 5.10 Å². The van der Waals surface area contributed by atoms with E-state index in [1.165, 1.54) is 6.21 Å². The van der Waals surface area contributed by atoms with Crippen LogP contribution in [0.2, 0.25) is 0 Å². The first kappa shape index (κ1) is 29.9. The van der Waals surface area contributed by atoms with Crippen LogP contribution in [0.5, 0.6) is 11.5 Å². The number of hydrazone groups is 1. The van der Waals surface area contributed by atoms with Gasteiger partial charge in [0.15, 0.2) is 18.1 Å². The molecule has 4 rings (SSSR count). The monoisotopic (exact) mass is 565 g/mol. The number of aryl methyl sites for hydroxylation is 1. The molecule has 1 amide bonds. The van der Waals surface area contributed by atoms with E-state index in [2.05, 4.69) is 52.9 Å². The standard InChI is InChI=1S/C34H35N3O5/c1-5-11-28-20-25(21-31(40-6-2)33(28)42-23-32(38)41-7-3)22-35-36-34(39)27-15-17-29(18-16-27)37-24(4)14-19-30(37)26-12-9-8-10-13-26/h5,8-10,12-22H,1,6-7,11,23H2,2-4H3,(H,36,39)/b35-22+. The van der Waals surface area contributed by atoms with Crippen molar-refractivity contribution in [1.29, 1.82) is 0 Å². The van der Waals surface area contributed by atoms with Crippen LogP contribution in [0.4, 0.5) is 0 Å². The van der Waals surface area contributed by atoms with Gasteiger partial charge in [-0.3, -0.25) is 4.79 Å². The minimum absolute atomic E-state index is 0.238. The van der Waals surface area contributed by atoms with Crippen LogP contribution < -0.4 is 14.9 Å². The minimum atomic E-state index is -0.467. The molecule has 0 bridgehead atoms. The molecular formula is C34H35N3O5. The Morgan fingerprint density at radius 2 is 1.71 bits per heavy atom. The molecule has 0 unspecified atom stereocenters. The average molecular weight is 566 g/mol. The topological polar surface area (TPSA) is 91.2 Å². The molecule has 0 spiro atoms. The summed E-state index contributed by atoms with van der Waals surface area (Å²) in [6.45, 7) is 9.89. The SMILES string of the molecule is C=CCc1cc(/C=N/NC(=O)c2ccc(-n3c(C)ccc3-c3ccccc3)cc2)cc(OCC)c1OCC(=O)OCC. The maximum atomic E-state index is 12.8. The third kappa shape index (κ3) is 7.34. The smallest absolute Gasteiger partial charge is 0.344 e. The van der Waals surface area contributed by atoms with Crippen LogP contribution in [0, 0.1) is 6.92 Å². The number of nitrogens with zero attached hydrogens (tertiary/aromatic N) is 2. The Balaban J connectivity index is 1.48. The highest BCUT2D eigenvalue weighted by Crippen LogP contribution is 2.34. The predicted molar refractivity (Wildman–Crippen MR) is 165 cm³/mol. The number of benzene rings is 3. The van der Waals surface area contributed by atoms with Crippen LogP contribution in [0.3, 0.4) is 0 Å². The van der Waals surface area contributed by atoms with Gasteiger partial charge in [0, 0.05) is 22.5 Å². The fourth-order valence-corrected chi connectivity index (χ4v) is 4.53. The Bertz CT molecular complexity index is 1560. The summed E-state index contributed by atoms with van der Waals surface area (Å²) < 4.78 is 18.7. The molecule has 0 atom stereocenters. The van der Waals surface area contributed by atoms with E-state index in [4.69, 9.17) is 14.2 Å². The summed E-state index contributed by atoms with van der Waals surface area (Å²) in [6.07, 6.45) is 3.74. The second-order valence-corrected chi connectivity index (χ2v) is 9.33. The maximum Gasteiger partial charge on any atom is 0.344 e. The molecule has 0 aliphatic carbocycles. The van der Waals surface area contributed by atoms with Crippen LogP contribution in [0.15, 0.2) is 96.6 Å². The third-order valence-corrected chi connectivity index (χ3v) is 6.37. The number of esters is 1. The summed E-state index contributed by atoms with van der Waals surface area (Å²) in [4.78, 5) is 24.7. The fourth-order valence-electron chi connectivity index (χ4n) is 4.53. The second kappa shape index (κ2) is 14.5. The molecule has 0 saturated carbocycles. The number of rotatable bonds is 13. The first-order valence-corrected chi connectivity index (χ1v) is 13.8. The normalized spacial score (nSPS) is 10.8. The summed E-state index contributed by atoms with van der Waals surface area (Å²) >= 11 is 0. The zero-order chi connectivity index (χ0) is 29.9. The van der Waals surface area contributed by atoms with Crippen LogP contribution in [-0.4, -0.2) is 42.5 Å². The first-order valence-electron chi connectivity index (χ1n) is 13.8. The van der Waals surface area contributed by atoms with E-state index in [9.17, 15) is 9.59 Å². The highest BCUT2D eigenvalue weighted by atomic mass is 16.6. The highest BCUT2D eigenvalue weighted by molar-refractivity contribution is 5.95. The lowest BCUT2D eigenvalue weighted by Crippen LogP contribution is -2.18. The number of carbonyl (C=O) groups excluding carboxylic acids is 2. The quantitative estimate of drug-likeness (QED) is 0.0891. The highest BCUT2D eigenvalue weighted by Gasteiger charge is 2.15. The lowest BCUT2D eigenvalue weighted by atomic mass is 10.1. The lowest BCUT2D eigenvalue weighted by Gasteiger charge is -2.16. The van der Waals surface area contributed by atoms with Gasteiger partial charge in [0.2, 0.25) is 0 Å². The van der Waals surface area contributed by atoms with Crippen molar-refractivity contribution in [2.75, 3.05) is 19.8 Å². The number of nitrogens with one attached hydrogen (secondary N) is 1. The molecule has 1 heterocycles. The molecule has 0 saturated heterocycles. The number of aromatic nitrogens is 1. The van der Waals surface area contributed by atoms with E-state index >= 15 is 0 Å². The number of ether oxygens (including phenoxy) is 3. The molecule has 0 aliphatic rings. The fraction of sp³-hybridized carbons (Fsp3) is 0.206. The Labute approximate surface area is 246 Å². The van der Waals surface area contributed by atoms with Crippen molar-refractivity contribution < 1.29 is 23.8 Å². The molecule has 3 aromatic carbocycles. The van der Waals surface area contributed by atoms with Gasteiger partial charge in [-0.1, -0.05) is 36.4 Å². The van der Waals surface area contributed by atoms with Gasteiger partial charge in [0.1, 0.15) is 0 Å². The summed E-state index contributed by atoms with van der Waals surface area (Å²) in [6, 6.07) is 25.3. The van der Waals surface area contributed by atoms with Crippen molar-refractivity contribution >= 4 is 18.1 Å². The van der Waals surface area contributed by atoms with E-state index in [0.717, 1.165) is 28.2 Å². The Morgan fingerprint density at radius 1 is 0.952 bits per heavy atom. The van der Waals surface area contributed by atoms with Gasteiger partial charge >= 0.3 is 5.97 Å². The van der Waals surface area contributed by atoms with E-state index in [0.29, 0.717) is 35.7 Å². The molecule has 1 aromatic heterocycles. The van der Waals surface area contributed by atoms with Crippen molar-refractivity contribution in [2.45, 2.75) is 27.2 Å². The number of amides is 1. The summed E-state index contributed by atoms with van der Waals surface area (Å²) in [7, 11) is 0. The average Bonchev–Trinajstić information content (AvgIpc) is 3.39. The Hall–Kier alpha value is -5.11. The molecule has 216 valence electrons. The minimum Gasteiger partial charge on any atom is -0.490 e. The van der Waals surface area contributed by atoms with Crippen molar-refractivity contribution in [1.82, 2.24) is 9.99 Å². The molecule has 1 N–H and O–H groups in total. The van der Waals surface area contributed by atoms with Gasteiger partial charge in [-0.25, -0.2) is 10.2 Å². The van der Waals surface area contributed by atoms with Crippen LogP contribution >= 0.6 is 0 Å². The number of hydrogen-bond donors (Lipinski definition) is 1. The molecule has 8 heteroatoms. The summed E-state index contributed by atoms with van der Waals surface area (Å²) in [5, 5.41) is 4.16. The van der Waals surface area contributed by atoms with Gasteiger partial charge in [-0.15, -0.1) is 6.58 Å². The second-order valence-electron chi connectivity index (χ2n) is 9.33. The molecule has 4 aromatic rings. The number of allylic oxidation sites excluding steroid dienone is 1. The van der Waals surface area contributed by atoms with E-state index in [1.807, 2.05) is 43.3 Å². The van der Waals surface area contributed by atoms with Crippen molar-refractivity contribution in [3.63, 3.8) is 0 Å². The van der Waals surface area contributed by atoms with E-state index < -0.39 is 5.97 Å². The van der Waals surface area contributed by atoms with E-state index in [1.54, 1.807) is 31.2 Å². The largest absolute Gasteiger partial charge is 0.490 e.